The topological polar surface area (TPSA) is 47.5 Å². The Morgan fingerprint density at radius 3 is 2.50 bits per heavy atom. The Balaban J connectivity index is 1.58. The van der Waals surface area contributed by atoms with Crippen LogP contribution in [0.25, 0.3) is 21.3 Å². The molecular weight excluding hydrogens is 370 g/mol. The van der Waals surface area contributed by atoms with Crippen molar-refractivity contribution >= 4 is 27.4 Å². The molecule has 0 fully saturated rings. The molecule has 142 valence electrons. The fourth-order valence-corrected chi connectivity index (χ4v) is 3.97. The molecule has 0 atom stereocenters. The van der Waals surface area contributed by atoms with Crippen molar-refractivity contribution in [2.24, 2.45) is 0 Å². The molecule has 0 aliphatic heterocycles. The van der Waals surface area contributed by atoms with E-state index in [4.69, 9.17) is 9.47 Å². The van der Waals surface area contributed by atoms with Crippen molar-refractivity contribution in [3.05, 3.63) is 66.3 Å². The number of likely N-dealkylation sites (N-methyl/N-ethyl adjacent to an activating group) is 1. The average molecular weight is 391 g/mol. The number of thiophene rings is 1. The van der Waals surface area contributed by atoms with Gasteiger partial charge in [-0.25, -0.2) is 9.97 Å². The number of rotatable bonds is 7. The molecule has 6 heteroatoms. The van der Waals surface area contributed by atoms with E-state index in [1.54, 1.807) is 24.8 Å². The Kier molecular flexibility index (Phi) is 5.39. The van der Waals surface area contributed by atoms with Crippen LogP contribution in [-0.4, -0.2) is 37.3 Å². The second-order valence-electron chi connectivity index (χ2n) is 6.34. The van der Waals surface area contributed by atoms with Gasteiger partial charge in [0, 0.05) is 18.0 Å². The highest BCUT2D eigenvalue weighted by Gasteiger charge is 2.16. The zero-order valence-corrected chi connectivity index (χ0v) is 16.6. The molecule has 28 heavy (non-hydrogen) atoms. The fraction of sp³-hybridized carbons (Fsp3) is 0.182. The summed E-state index contributed by atoms with van der Waals surface area (Å²) in [5.41, 5.74) is 2.26. The molecule has 2 aromatic carbocycles. The molecule has 0 aliphatic carbocycles. The van der Waals surface area contributed by atoms with E-state index in [9.17, 15) is 0 Å². The number of aromatic nitrogens is 2. The van der Waals surface area contributed by atoms with Crippen molar-refractivity contribution in [1.29, 1.82) is 0 Å². The normalized spacial score (nSPS) is 10.8. The molecule has 0 aliphatic rings. The van der Waals surface area contributed by atoms with E-state index in [1.165, 1.54) is 0 Å². The molecule has 0 bridgehead atoms. The standard InChI is InChI=1S/C22H21N3O2S/c1-25(12-13-27-18-6-4-3-5-7-18)21-20-19(14-28-22(20)24-15-23-21)16-8-10-17(26-2)11-9-16/h3-11,14-15H,12-13H2,1-2H3. The van der Waals surface area contributed by atoms with Gasteiger partial charge >= 0.3 is 0 Å². The summed E-state index contributed by atoms with van der Waals surface area (Å²) in [6, 6.07) is 17.9. The van der Waals surface area contributed by atoms with Gasteiger partial charge in [-0.3, -0.25) is 0 Å². The number of ether oxygens (including phenoxy) is 2. The average Bonchev–Trinajstić information content (AvgIpc) is 3.19. The smallest absolute Gasteiger partial charge is 0.141 e. The maximum Gasteiger partial charge on any atom is 0.141 e. The molecule has 0 N–H and O–H groups in total. The number of methoxy groups -OCH3 is 1. The van der Waals surface area contributed by atoms with E-state index in [-0.39, 0.29) is 0 Å². The van der Waals surface area contributed by atoms with Gasteiger partial charge < -0.3 is 14.4 Å². The summed E-state index contributed by atoms with van der Waals surface area (Å²) in [6.45, 7) is 1.30. The number of anilines is 1. The van der Waals surface area contributed by atoms with Crippen LogP contribution in [0.5, 0.6) is 11.5 Å². The summed E-state index contributed by atoms with van der Waals surface area (Å²) in [5, 5.41) is 3.21. The second kappa shape index (κ2) is 8.27. The number of para-hydroxylation sites is 1. The van der Waals surface area contributed by atoms with E-state index < -0.39 is 0 Å². The van der Waals surface area contributed by atoms with E-state index in [0.717, 1.165) is 45.2 Å². The first kappa shape index (κ1) is 18.3. The van der Waals surface area contributed by atoms with Crippen LogP contribution in [0.15, 0.2) is 66.3 Å². The summed E-state index contributed by atoms with van der Waals surface area (Å²) in [7, 11) is 3.71. The highest BCUT2D eigenvalue weighted by atomic mass is 32.1. The maximum atomic E-state index is 5.84. The van der Waals surface area contributed by atoms with Gasteiger partial charge in [0.1, 0.15) is 35.1 Å². The van der Waals surface area contributed by atoms with E-state index in [0.29, 0.717) is 6.61 Å². The molecule has 0 unspecified atom stereocenters. The number of nitrogens with zero attached hydrogens (tertiary/aromatic N) is 3. The van der Waals surface area contributed by atoms with Gasteiger partial charge in [0.05, 0.1) is 19.0 Å². The third-order valence-corrected chi connectivity index (χ3v) is 5.44. The largest absolute Gasteiger partial charge is 0.497 e. The Bertz CT molecular complexity index is 1050. The number of hydrogen-bond donors (Lipinski definition) is 0. The van der Waals surface area contributed by atoms with Gasteiger partial charge in [-0.15, -0.1) is 11.3 Å². The molecule has 0 radical (unpaired) electrons. The first-order chi connectivity index (χ1) is 13.8. The number of benzene rings is 2. The van der Waals surface area contributed by atoms with Gasteiger partial charge in [-0.05, 0) is 29.8 Å². The minimum atomic E-state index is 0.577. The fourth-order valence-electron chi connectivity index (χ4n) is 3.05. The van der Waals surface area contributed by atoms with Gasteiger partial charge in [0.25, 0.3) is 0 Å². The lowest BCUT2D eigenvalue weighted by Gasteiger charge is -2.19. The lowest BCUT2D eigenvalue weighted by atomic mass is 10.1. The molecule has 0 amide bonds. The highest BCUT2D eigenvalue weighted by Crippen LogP contribution is 2.37. The predicted octanol–water partition coefficient (Wildman–Crippen LogP) is 4.88. The van der Waals surface area contributed by atoms with Crippen LogP contribution in [-0.2, 0) is 0 Å². The van der Waals surface area contributed by atoms with E-state index >= 15 is 0 Å². The van der Waals surface area contributed by atoms with Crippen molar-refractivity contribution in [2.45, 2.75) is 0 Å². The van der Waals surface area contributed by atoms with Crippen molar-refractivity contribution in [3.8, 4) is 22.6 Å². The van der Waals surface area contributed by atoms with E-state index in [1.807, 2.05) is 49.5 Å². The van der Waals surface area contributed by atoms with Crippen LogP contribution >= 0.6 is 11.3 Å². The highest BCUT2D eigenvalue weighted by molar-refractivity contribution is 7.17. The predicted molar refractivity (Wildman–Crippen MR) is 115 cm³/mol. The lowest BCUT2D eigenvalue weighted by molar-refractivity contribution is 0.326. The first-order valence-electron chi connectivity index (χ1n) is 9.02. The quantitative estimate of drug-likeness (QED) is 0.449. The molecular formula is C22H21N3O2S. The van der Waals surface area contributed by atoms with Crippen molar-refractivity contribution in [2.75, 3.05) is 32.2 Å². The molecule has 0 saturated carbocycles. The van der Waals surface area contributed by atoms with Gasteiger partial charge in [0.2, 0.25) is 0 Å². The van der Waals surface area contributed by atoms with Gasteiger partial charge in [-0.2, -0.15) is 0 Å². The van der Waals surface area contributed by atoms with Crippen LogP contribution in [0.1, 0.15) is 0 Å². The molecule has 0 saturated heterocycles. The second-order valence-corrected chi connectivity index (χ2v) is 7.20. The molecule has 2 heterocycles. The van der Waals surface area contributed by atoms with Gasteiger partial charge in [-0.1, -0.05) is 30.3 Å². The Hall–Kier alpha value is -3.12. The zero-order chi connectivity index (χ0) is 19.3. The third kappa shape index (κ3) is 3.77. The minimum Gasteiger partial charge on any atom is -0.497 e. The number of hydrogen-bond acceptors (Lipinski definition) is 6. The lowest BCUT2D eigenvalue weighted by Crippen LogP contribution is -2.24. The molecule has 2 aromatic heterocycles. The van der Waals surface area contributed by atoms with Crippen LogP contribution in [0.3, 0.4) is 0 Å². The molecule has 4 aromatic rings. The Labute approximate surface area is 168 Å². The summed E-state index contributed by atoms with van der Waals surface area (Å²) >= 11 is 1.63. The summed E-state index contributed by atoms with van der Waals surface area (Å²) in [5.74, 6) is 2.63. The molecule has 0 spiro atoms. The van der Waals surface area contributed by atoms with Crippen LogP contribution in [0, 0.1) is 0 Å². The van der Waals surface area contributed by atoms with Gasteiger partial charge in [0.15, 0.2) is 0 Å². The van der Waals surface area contributed by atoms with Crippen LogP contribution in [0.2, 0.25) is 0 Å². The molecule has 5 nitrogen and oxygen atoms in total. The monoisotopic (exact) mass is 391 g/mol. The van der Waals surface area contributed by atoms with Crippen molar-refractivity contribution < 1.29 is 9.47 Å². The summed E-state index contributed by atoms with van der Waals surface area (Å²) in [4.78, 5) is 12.1. The first-order valence-corrected chi connectivity index (χ1v) is 9.90. The van der Waals surface area contributed by atoms with Crippen LogP contribution < -0.4 is 14.4 Å². The Morgan fingerprint density at radius 2 is 1.75 bits per heavy atom. The minimum absolute atomic E-state index is 0.577. The number of fused-ring (bicyclic) bond motifs is 1. The maximum absolute atomic E-state index is 5.84. The van der Waals surface area contributed by atoms with Crippen molar-refractivity contribution in [1.82, 2.24) is 9.97 Å². The van der Waals surface area contributed by atoms with Crippen molar-refractivity contribution in [3.63, 3.8) is 0 Å². The third-order valence-electron chi connectivity index (χ3n) is 4.55. The Morgan fingerprint density at radius 1 is 0.964 bits per heavy atom. The van der Waals surface area contributed by atoms with E-state index in [2.05, 4.69) is 32.4 Å². The summed E-state index contributed by atoms with van der Waals surface area (Å²) < 4.78 is 11.1. The summed E-state index contributed by atoms with van der Waals surface area (Å²) in [6.07, 6.45) is 1.63. The zero-order valence-electron chi connectivity index (χ0n) is 15.8. The van der Waals surface area contributed by atoms with Crippen LogP contribution in [0.4, 0.5) is 5.82 Å². The SMILES string of the molecule is COc1ccc(-c2csc3ncnc(N(C)CCOc4ccccc4)c23)cc1. The molecule has 4 rings (SSSR count).